The third-order valence-electron chi connectivity index (χ3n) is 2.52. The third-order valence-corrected chi connectivity index (χ3v) is 3.60. The highest BCUT2D eigenvalue weighted by molar-refractivity contribution is 7.14. The molecule has 1 atom stereocenters. The third kappa shape index (κ3) is 4.85. The molecule has 0 bridgehead atoms. The molecule has 4 nitrogen and oxygen atoms in total. The van der Waals surface area contributed by atoms with Crippen LogP contribution >= 0.6 is 11.3 Å². The summed E-state index contributed by atoms with van der Waals surface area (Å²) in [6.45, 7) is 5.24. The van der Waals surface area contributed by atoms with E-state index in [1.807, 2.05) is 6.92 Å². The molecule has 0 aliphatic rings. The Morgan fingerprint density at radius 3 is 2.82 bits per heavy atom. The second kappa shape index (κ2) is 6.74. The highest BCUT2D eigenvalue weighted by Crippen LogP contribution is 2.21. The van der Waals surface area contributed by atoms with Crippen LogP contribution in [0.3, 0.4) is 0 Å². The van der Waals surface area contributed by atoms with Crippen LogP contribution in [0.5, 0.6) is 0 Å². The van der Waals surface area contributed by atoms with Crippen molar-refractivity contribution in [2.24, 2.45) is 0 Å². The number of carboxylic acid groups (broad SMARTS) is 1. The van der Waals surface area contributed by atoms with Gasteiger partial charge in [0.2, 0.25) is 0 Å². The minimum absolute atomic E-state index is 0.252. The average Bonchev–Trinajstić information content (AvgIpc) is 2.59. The fourth-order valence-electron chi connectivity index (χ4n) is 1.55. The van der Waals surface area contributed by atoms with Gasteiger partial charge in [-0.25, -0.2) is 4.79 Å². The molecule has 3 N–H and O–H groups in total. The number of aromatic carboxylic acids is 1. The summed E-state index contributed by atoms with van der Waals surface area (Å²) in [4.78, 5) is 12.2. The number of carboxylic acids is 1. The molecule has 0 saturated carbocycles. The van der Waals surface area contributed by atoms with Crippen molar-refractivity contribution in [3.8, 4) is 0 Å². The van der Waals surface area contributed by atoms with Gasteiger partial charge in [0, 0.05) is 11.4 Å². The number of hydrogen-bond donors (Lipinski definition) is 3. The van der Waals surface area contributed by atoms with Gasteiger partial charge >= 0.3 is 5.97 Å². The molecule has 0 saturated heterocycles. The van der Waals surface area contributed by atoms with Crippen LogP contribution in [0.25, 0.3) is 0 Å². The number of aliphatic hydroxyl groups is 1. The van der Waals surface area contributed by atoms with Gasteiger partial charge in [-0.2, -0.15) is 0 Å². The molecule has 0 amide bonds. The van der Waals surface area contributed by atoms with Crippen LogP contribution in [0.2, 0.25) is 0 Å². The largest absolute Gasteiger partial charge is 0.477 e. The molecule has 5 heteroatoms. The molecular weight excluding hydrogens is 238 g/mol. The zero-order valence-electron chi connectivity index (χ0n) is 10.2. The van der Waals surface area contributed by atoms with Crippen molar-refractivity contribution in [1.82, 2.24) is 5.32 Å². The number of hydrogen-bond acceptors (Lipinski definition) is 4. The highest BCUT2D eigenvalue weighted by Gasteiger charge is 2.10. The Balaban J connectivity index is 2.34. The van der Waals surface area contributed by atoms with Gasteiger partial charge in [0.15, 0.2) is 0 Å². The minimum atomic E-state index is -0.863. The standard InChI is InChI=1S/C12H19NO3S/c1-8(14)4-3-5-13-7-10-6-11(12(15)16)17-9(10)2/h6,8,13-14H,3-5,7H2,1-2H3,(H,15,16). The van der Waals surface area contributed by atoms with E-state index in [2.05, 4.69) is 5.32 Å². The molecular formula is C12H19NO3S. The molecule has 1 aromatic heterocycles. The lowest BCUT2D eigenvalue weighted by atomic mass is 10.2. The minimum Gasteiger partial charge on any atom is -0.477 e. The van der Waals surface area contributed by atoms with Crippen molar-refractivity contribution in [3.63, 3.8) is 0 Å². The topological polar surface area (TPSA) is 69.6 Å². The summed E-state index contributed by atoms with van der Waals surface area (Å²) < 4.78 is 0. The van der Waals surface area contributed by atoms with E-state index in [9.17, 15) is 4.79 Å². The lowest BCUT2D eigenvalue weighted by Gasteiger charge is -2.05. The summed E-state index contributed by atoms with van der Waals surface area (Å²) in [6, 6.07) is 1.73. The zero-order chi connectivity index (χ0) is 12.8. The van der Waals surface area contributed by atoms with Gasteiger partial charge in [-0.15, -0.1) is 11.3 Å². The first-order valence-electron chi connectivity index (χ1n) is 5.72. The summed E-state index contributed by atoms with van der Waals surface area (Å²) in [5, 5.41) is 21.2. The number of aryl methyl sites for hydroxylation is 1. The van der Waals surface area contributed by atoms with Gasteiger partial charge in [-0.05, 0) is 44.9 Å². The average molecular weight is 257 g/mol. The number of aliphatic hydroxyl groups excluding tert-OH is 1. The van der Waals surface area contributed by atoms with E-state index >= 15 is 0 Å². The Bertz CT molecular complexity index is 374. The number of rotatable bonds is 7. The lowest BCUT2D eigenvalue weighted by molar-refractivity contribution is 0.0702. The lowest BCUT2D eigenvalue weighted by Crippen LogP contribution is -2.16. The maximum atomic E-state index is 10.8. The second-order valence-electron chi connectivity index (χ2n) is 4.17. The first-order valence-corrected chi connectivity index (χ1v) is 6.53. The molecule has 0 aliphatic carbocycles. The van der Waals surface area contributed by atoms with E-state index in [1.54, 1.807) is 13.0 Å². The van der Waals surface area contributed by atoms with Crippen molar-refractivity contribution >= 4 is 17.3 Å². The van der Waals surface area contributed by atoms with Crippen LogP contribution in [0.1, 0.15) is 39.9 Å². The number of nitrogens with one attached hydrogen (secondary N) is 1. The molecule has 0 fully saturated rings. The molecule has 0 aromatic carbocycles. The number of carbonyl (C=O) groups is 1. The summed E-state index contributed by atoms with van der Waals surface area (Å²) in [7, 11) is 0. The smallest absolute Gasteiger partial charge is 0.345 e. The molecule has 0 spiro atoms. The Kier molecular flexibility index (Phi) is 5.61. The van der Waals surface area contributed by atoms with Crippen molar-refractivity contribution in [2.45, 2.75) is 39.3 Å². The highest BCUT2D eigenvalue weighted by atomic mass is 32.1. The molecule has 0 radical (unpaired) electrons. The zero-order valence-corrected chi connectivity index (χ0v) is 11.0. The van der Waals surface area contributed by atoms with Gasteiger partial charge in [0.05, 0.1) is 6.10 Å². The van der Waals surface area contributed by atoms with Crippen LogP contribution in [0.4, 0.5) is 0 Å². The Hall–Kier alpha value is -0.910. The first kappa shape index (κ1) is 14.2. The van der Waals surface area contributed by atoms with Gasteiger partial charge in [0.1, 0.15) is 4.88 Å². The van der Waals surface area contributed by atoms with Gasteiger partial charge < -0.3 is 15.5 Å². The Morgan fingerprint density at radius 1 is 1.59 bits per heavy atom. The second-order valence-corrected chi connectivity index (χ2v) is 5.42. The number of thiophene rings is 1. The van der Waals surface area contributed by atoms with Gasteiger partial charge in [-0.3, -0.25) is 0 Å². The van der Waals surface area contributed by atoms with Gasteiger partial charge in [-0.1, -0.05) is 0 Å². The van der Waals surface area contributed by atoms with Crippen LogP contribution in [0.15, 0.2) is 6.07 Å². The van der Waals surface area contributed by atoms with Gasteiger partial charge in [0.25, 0.3) is 0 Å². The molecule has 1 rings (SSSR count). The van der Waals surface area contributed by atoms with Crippen molar-refractivity contribution in [3.05, 3.63) is 21.4 Å². The quantitative estimate of drug-likeness (QED) is 0.653. The summed E-state index contributed by atoms with van der Waals surface area (Å²) in [6.07, 6.45) is 1.46. The van der Waals surface area contributed by atoms with E-state index in [-0.39, 0.29) is 6.10 Å². The van der Waals surface area contributed by atoms with E-state index in [1.165, 1.54) is 11.3 Å². The van der Waals surface area contributed by atoms with Crippen LogP contribution in [0, 0.1) is 6.92 Å². The molecule has 1 unspecified atom stereocenters. The van der Waals surface area contributed by atoms with Crippen LogP contribution in [-0.2, 0) is 6.54 Å². The summed E-state index contributed by atoms with van der Waals surface area (Å²) in [5.41, 5.74) is 1.05. The maximum absolute atomic E-state index is 10.8. The van der Waals surface area contributed by atoms with E-state index in [4.69, 9.17) is 10.2 Å². The fraction of sp³-hybridized carbons (Fsp3) is 0.583. The molecule has 1 heterocycles. The van der Waals surface area contributed by atoms with E-state index in [0.717, 1.165) is 29.8 Å². The first-order chi connectivity index (χ1) is 8.00. The Morgan fingerprint density at radius 2 is 2.29 bits per heavy atom. The van der Waals surface area contributed by atoms with E-state index in [0.29, 0.717) is 11.4 Å². The summed E-state index contributed by atoms with van der Waals surface area (Å²) >= 11 is 1.31. The van der Waals surface area contributed by atoms with Crippen molar-refractivity contribution < 1.29 is 15.0 Å². The normalized spacial score (nSPS) is 12.6. The summed E-state index contributed by atoms with van der Waals surface area (Å²) in [5.74, 6) is -0.863. The van der Waals surface area contributed by atoms with E-state index < -0.39 is 5.97 Å². The fourth-order valence-corrected chi connectivity index (χ4v) is 2.43. The predicted molar refractivity (Wildman–Crippen MR) is 68.6 cm³/mol. The molecule has 1 aromatic rings. The predicted octanol–water partition coefficient (Wildman–Crippen LogP) is 2.01. The van der Waals surface area contributed by atoms with Crippen LogP contribution < -0.4 is 5.32 Å². The molecule has 96 valence electrons. The van der Waals surface area contributed by atoms with Crippen molar-refractivity contribution in [1.29, 1.82) is 0 Å². The molecule has 17 heavy (non-hydrogen) atoms. The Labute approximate surface area is 105 Å². The van der Waals surface area contributed by atoms with Crippen LogP contribution in [-0.4, -0.2) is 28.8 Å². The maximum Gasteiger partial charge on any atom is 0.345 e. The van der Waals surface area contributed by atoms with Crippen molar-refractivity contribution in [2.75, 3.05) is 6.54 Å². The monoisotopic (exact) mass is 257 g/mol. The SMILES string of the molecule is Cc1sc(C(=O)O)cc1CNCCCC(C)O. The molecule has 0 aliphatic heterocycles.